The van der Waals surface area contributed by atoms with Crippen molar-refractivity contribution in [2.75, 3.05) is 19.7 Å². The number of amides is 2. The van der Waals surface area contributed by atoms with Crippen LogP contribution in [0.25, 0.3) is 0 Å². The van der Waals surface area contributed by atoms with Crippen molar-refractivity contribution in [3.8, 4) is 5.75 Å². The Balaban J connectivity index is 1.92. The summed E-state index contributed by atoms with van der Waals surface area (Å²) in [5, 5.41) is 2.95. The first-order valence-electron chi connectivity index (χ1n) is 11.2. The van der Waals surface area contributed by atoms with Crippen molar-refractivity contribution in [1.29, 1.82) is 0 Å². The minimum atomic E-state index is -0.507. The molecule has 0 saturated carbocycles. The summed E-state index contributed by atoms with van der Waals surface area (Å²) in [6.07, 6.45) is 1.67. The van der Waals surface area contributed by atoms with Crippen molar-refractivity contribution < 1.29 is 14.3 Å². The Morgan fingerprint density at radius 1 is 1.00 bits per heavy atom. The fourth-order valence-corrected chi connectivity index (χ4v) is 3.21. The zero-order valence-corrected chi connectivity index (χ0v) is 19.3. The molecule has 0 aliphatic carbocycles. The minimum absolute atomic E-state index is 0.0179. The van der Waals surface area contributed by atoms with Gasteiger partial charge in [0.25, 0.3) is 0 Å². The molecule has 5 heteroatoms. The maximum absolute atomic E-state index is 13.0. The Morgan fingerprint density at radius 3 is 2.32 bits per heavy atom. The highest BCUT2D eigenvalue weighted by Crippen LogP contribution is 2.13. The van der Waals surface area contributed by atoms with E-state index in [0.29, 0.717) is 44.9 Å². The van der Waals surface area contributed by atoms with E-state index in [2.05, 4.69) is 19.2 Å². The van der Waals surface area contributed by atoms with Crippen LogP contribution in [0.4, 0.5) is 0 Å². The summed E-state index contributed by atoms with van der Waals surface area (Å²) in [5.41, 5.74) is 2.33. The summed E-state index contributed by atoms with van der Waals surface area (Å²) in [4.78, 5) is 27.3. The molecule has 2 amide bonds. The summed E-state index contributed by atoms with van der Waals surface area (Å²) in [7, 11) is 0. The molecular weight excluding hydrogens is 388 g/mol. The Hall–Kier alpha value is -2.82. The van der Waals surface area contributed by atoms with Crippen LogP contribution >= 0.6 is 0 Å². The van der Waals surface area contributed by atoms with Gasteiger partial charge in [-0.1, -0.05) is 61.9 Å². The predicted molar refractivity (Wildman–Crippen MR) is 125 cm³/mol. The molecule has 0 unspecified atom stereocenters. The SMILES string of the molecule is Cc1ccc(OCCCC(=O)N(CCc2ccccc2)[C@H](C)C(=O)NCC(C)C)cc1. The van der Waals surface area contributed by atoms with Gasteiger partial charge in [-0.3, -0.25) is 9.59 Å². The summed E-state index contributed by atoms with van der Waals surface area (Å²) in [6, 6.07) is 17.4. The molecule has 2 aromatic rings. The predicted octanol–water partition coefficient (Wildman–Crippen LogP) is 4.39. The zero-order chi connectivity index (χ0) is 22.6. The first-order valence-corrected chi connectivity index (χ1v) is 11.2. The van der Waals surface area contributed by atoms with Crippen LogP contribution in [-0.2, 0) is 16.0 Å². The maximum Gasteiger partial charge on any atom is 0.242 e. The Kier molecular flexibility index (Phi) is 10.1. The van der Waals surface area contributed by atoms with E-state index in [1.807, 2.05) is 61.5 Å². The summed E-state index contributed by atoms with van der Waals surface area (Å²) in [6.45, 7) is 9.53. The first-order chi connectivity index (χ1) is 14.9. The first kappa shape index (κ1) is 24.4. The number of carbonyl (C=O) groups excluding carboxylic acids is 2. The van der Waals surface area contributed by atoms with Gasteiger partial charge >= 0.3 is 0 Å². The van der Waals surface area contributed by atoms with Crippen molar-refractivity contribution in [3.63, 3.8) is 0 Å². The van der Waals surface area contributed by atoms with E-state index >= 15 is 0 Å². The van der Waals surface area contributed by atoms with Gasteiger partial charge in [0.05, 0.1) is 6.61 Å². The van der Waals surface area contributed by atoms with Gasteiger partial charge in [0, 0.05) is 19.5 Å². The van der Waals surface area contributed by atoms with E-state index in [-0.39, 0.29) is 11.8 Å². The average Bonchev–Trinajstić information content (AvgIpc) is 2.77. The highest BCUT2D eigenvalue weighted by molar-refractivity contribution is 5.87. The van der Waals surface area contributed by atoms with Gasteiger partial charge in [-0.15, -0.1) is 0 Å². The number of benzene rings is 2. The molecule has 0 saturated heterocycles. The Labute approximate surface area is 186 Å². The quantitative estimate of drug-likeness (QED) is 0.514. The highest BCUT2D eigenvalue weighted by Gasteiger charge is 2.25. The van der Waals surface area contributed by atoms with Gasteiger partial charge in [-0.2, -0.15) is 0 Å². The van der Waals surface area contributed by atoms with Crippen molar-refractivity contribution in [2.45, 2.75) is 53.0 Å². The van der Waals surface area contributed by atoms with Crippen molar-refractivity contribution in [1.82, 2.24) is 10.2 Å². The van der Waals surface area contributed by atoms with E-state index in [0.717, 1.165) is 11.3 Å². The molecule has 0 radical (unpaired) electrons. The lowest BCUT2D eigenvalue weighted by Crippen LogP contribution is -2.49. The van der Waals surface area contributed by atoms with E-state index < -0.39 is 6.04 Å². The number of aryl methyl sites for hydroxylation is 1. The smallest absolute Gasteiger partial charge is 0.242 e. The molecule has 0 heterocycles. The van der Waals surface area contributed by atoms with Gasteiger partial charge in [-0.05, 0) is 50.3 Å². The maximum atomic E-state index is 13.0. The second kappa shape index (κ2) is 12.8. The molecule has 0 aliphatic rings. The molecule has 2 rings (SSSR count). The van der Waals surface area contributed by atoms with E-state index in [4.69, 9.17) is 4.74 Å². The second-order valence-corrected chi connectivity index (χ2v) is 8.40. The lowest BCUT2D eigenvalue weighted by molar-refractivity contribution is -0.140. The van der Waals surface area contributed by atoms with Crippen molar-refractivity contribution in [3.05, 3.63) is 65.7 Å². The molecule has 0 aliphatic heterocycles. The monoisotopic (exact) mass is 424 g/mol. The standard InChI is InChI=1S/C26H36N2O3/c1-20(2)19-27-26(30)22(4)28(17-16-23-9-6-5-7-10-23)25(29)11-8-18-31-24-14-12-21(3)13-15-24/h5-7,9-10,12-15,20,22H,8,11,16-19H2,1-4H3,(H,27,30)/t22-/m1/s1. The molecule has 31 heavy (non-hydrogen) atoms. The fourth-order valence-electron chi connectivity index (χ4n) is 3.21. The number of ether oxygens (including phenoxy) is 1. The summed E-state index contributed by atoms with van der Waals surface area (Å²) in [5.74, 6) is 1.05. The van der Waals surface area contributed by atoms with E-state index in [9.17, 15) is 9.59 Å². The average molecular weight is 425 g/mol. The third kappa shape index (κ3) is 8.83. The second-order valence-electron chi connectivity index (χ2n) is 8.40. The topological polar surface area (TPSA) is 58.6 Å². The number of hydrogen-bond acceptors (Lipinski definition) is 3. The molecule has 1 atom stereocenters. The van der Waals surface area contributed by atoms with E-state index in [1.54, 1.807) is 11.8 Å². The molecule has 0 bridgehead atoms. The number of carbonyl (C=O) groups is 2. The van der Waals surface area contributed by atoms with Crippen LogP contribution in [0.5, 0.6) is 5.75 Å². The van der Waals surface area contributed by atoms with Crippen LogP contribution in [0.3, 0.4) is 0 Å². The molecule has 5 nitrogen and oxygen atoms in total. The molecule has 168 valence electrons. The number of nitrogens with zero attached hydrogens (tertiary/aromatic N) is 1. The Bertz CT molecular complexity index is 803. The Morgan fingerprint density at radius 2 is 1.68 bits per heavy atom. The normalized spacial score (nSPS) is 11.8. The van der Waals surface area contributed by atoms with Crippen molar-refractivity contribution in [2.24, 2.45) is 5.92 Å². The molecule has 1 N–H and O–H groups in total. The van der Waals surface area contributed by atoms with Gasteiger partial charge in [0.1, 0.15) is 11.8 Å². The van der Waals surface area contributed by atoms with Gasteiger partial charge in [0.15, 0.2) is 0 Å². The highest BCUT2D eigenvalue weighted by atomic mass is 16.5. The summed E-state index contributed by atoms with van der Waals surface area (Å²) >= 11 is 0. The van der Waals surface area contributed by atoms with Crippen LogP contribution in [0.15, 0.2) is 54.6 Å². The fraction of sp³-hybridized carbons (Fsp3) is 0.462. The van der Waals surface area contributed by atoms with Gasteiger partial charge < -0.3 is 15.0 Å². The molecular formula is C26H36N2O3. The van der Waals surface area contributed by atoms with Crippen LogP contribution in [0, 0.1) is 12.8 Å². The number of hydrogen-bond donors (Lipinski definition) is 1. The zero-order valence-electron chi connectivity index (χ0n) is 19.3. The molecule has 0 aromatic heterocycles. The van der Waals surface area contributed by atoms with Crippen LogP contribution in [0.2, 0.25) is 0 Å². The third-order valence-corrected chi connectivity index (χ3v) is 5.16. The van der Waals surface area contributed by atoms with Gasteiger partial charge in [0.2, 0.25) is 11.8 Å². The largest absolute Gasteiger partial charge is 0.494 e. The lowest BCUT2D eigenvalue weighted by atomic mass is 10.1. The third-order valence-electron chi connectivity index (χ3n) is 5.16. The van der Waals surface area contributed by atoms with Crippen LogP contribution < -0.4 is 10.1 Å². The lowest BCUT2D eigenvalue weighted by Gasteiger charge is -2.29. The molecule has 0 fully saturated rings. The minimum Gasteiger partial charge on any atom is -0.494 e. The number of rotatable bonds is 12. The van der Waals surface area contributed by atoms with E-state index in [1.165, 1.54) is 5.56 Å². The molecule has 2 aromatic carbocycles. The molecule has 0 spiro atoms. The number of nitrogens with one attached hydrogen (secondary N) is 1. The van der Waals surface area contributed by atoms with Crippen LogP contribution in [0.1, 0.15) is 44.7 Å². The van der Waals surface area contributed by atoms with Gasteiger partial charge in [-0.25, -0.2) is 0 Å². The summed E-state index contributed by atoms with van der Waals surface area (Å²) < 4.78 is 5.74. The van der Waals surface area contributed by atoms with Crippen LogP contribution in [-0.4, -0.2) is 42.5 Å². The van der Waals surface area contributed by atoms with Crippen molar-refractivity contribution >= 4 is 11.8 Å².